The molecule has 6 nitrogen and oxygen atoms in total. The van der Waals surface area contributed by atoms with E-state index in [4.69, 9.17) is 4.74 Å². The molecule has 2 heterocycles. The topological polar surface area (TPSA) is 71.5 Å². The molecule has 1 atom stereocenters. The summed E-state index contributed by atoms with van der Waals surface area (Å²) in [6, 6.07) is 3.55. The maximum absolute atomic E-state index is 12.5. The monoisotopic (exact) mass is 349 g/mol. The fourth-order valence-electron chi connectivity index (χ4n) is 2.38. The number of pyridine rings is 1. The normalized spacial score (nSPS) is 19.9. The maximum atomic E-state index is 12.5. The number of ether oxygens (including phenoxy) is 1. The van der Waals surface area contributed by atoms with Crippen LogP contribution in [0.15, 0.2) is 24.5 Å². The third-order valence-electron chi connectivity index (χ3n) is 3.41. The summed E-state index contributed by atoms with van der Waals surface area (Å²) in [7, 11) is -3.34. The van der Waals surface area contributed by atoms with Crippen molar-refractivity contribution in [3.8, 4) is 0 Å². The van der Waals surface area contributed by atoms with Crippen LogP contribution in [0.4, 0.5) is 0 Å². The number of hydrogen-bond donors (Lipinski definition) is 1. The number of sulfonamides is 1. The number of nitrogens with zero attached hydrogens (tertiary/aromatic N) is 2. The van der Waals surface area contributed by atoms with Gasteiger partial charge in [0, 0.05) is 32.0 Å². The summed E-state index contributed by atoms with van der Waals surface area (Å²) in [5, 5.41) is 3.24. The fourth-order valence-corrected chi connectivity index (χ4v) is 3.88. The van der Waals surface area contributed by atoms with Gasteiger partial charge >= 0.3 is 0 Å². The van der Waals surface area contributed by atoms with Crippen LogP contribution in [0.1, 0.15) is 25.5 Å². The first-order chi connectivity index (χ1) is 10.0. The lowest BCUT2D eigenvalue weighted by molar-refractivity contribution is 0.0903. The molecule has 1 aromatic heterocycles. The Morgan fingerprint density at radius 3 is 2.91 bits per heavy atom. The number of halogens is 1. The summed E-state index contributed by atoms with van der Waals surface area (Å²) in [5.41, 5.74) is 0.915. The number of nitrogens with one attached hydrogen (secondary N) is 1. The molecule has 0 aromatic carbocycles. The molecule has 1 aliphatic rings. The molecular weight excluding hydrogens is 326 g/mol. The average Bonchev–Trinajstić information content (AvgIpc) is 2.47. The van der Waals surface area contributed by atoms with Crippen molar-refractivity contribution < 1.29 is 13.2 Å². The summed E-state index contributed by atoms with van der Waals surface area (Å²) in [5.74, 6) is 0.0158. The molecule has 1 aromatic rings. The van der Waals surface area contributed by atoms with Crippen LogP contribution < -0.4 is 5.32 Å². The third-order valence-corrected chi connectivity index (χ3v) is 5.25. The van der Waals surface area contributed by atoms with Crippen molar-refractivity contribution in [1.82, 2.24) is 14.6 Å². The number of rotatable bonds is 6. The lowest BCUT2D eigenvalue weighted by atomic mass is 10.1. The van der Waals surface area contributed by atoms with Gasteiger partial charge in [0.15, 0.2) is 0 Å². The fraction of sp³-hybridized carbons (Fsp3) is 0.643. The van der Waals surface area contributed by atoms with Gasteiger partial charge in [-0.1, -0.05) is 6.07 Å². The molecule has 0 radical (unpaired) electrons. The maximum Gasteiger partial charge on any atom is 0.217 e. The molecule has 1 saturated heterocycles. The summed E-state index contributed by atoms with van der Waals surface area (Å²) < 4.78 is 32.0. The number of hydrogen-bond acceptors (Lipinski definition) is 5. The van der Waals surface area contributed by atoms with Crippen LogP contribution in [0.2, 0.25) is 0 Å². The van der Waals surface area contributed by atoms with Gasteiger partial charge in [-0.3, -0.25) is 4.98 Å². The Hall–Kier alpha value is -0.730. The first-order valence-corrected chi connectivity index (χ1v) is 8.83. The summed E-state index contributed by atoms with van der Waals surface area (Å²) in [4.78, 5) is 4.09. The first-order valence-electron chi connectivity index (χ1n) is 7.22. The van der Waals surface area contributed by atoms with Gasteiger partial charge < -0.3 is 10.1 Å². The van der Waals surface area contributed by atoms with Crippen molar-refractivity contribution in [2.24, 2.45) is 0 Å². The van der Waals surface area contributed by atoms with Crippen molar-refractivity contribution in [1.29, 1.82) is 0 Å². The van der Waals surface area contributed by atoms with E-state index in [0.717, 1.165) is 5.56 Å². The Bertz CT molecular complexity index is 540. The van der Waals surface area contributed by atoms with Gasteiger partial charge in [0.1, 0.15) is 0 Å². The van der Waals surface area contributed by atoms with Gasteiger partial charge in [-0.15, -0.1) is 12.4 Å². The second-order valence-electron chi connectivity index (χ2n) is 5.35. The highest BCUT2D eigenvalue weighted by molar-refractivity contribution is 7.89. The molecule has 0 spiro atoms. The highest BCUT2D eigenvalue weighted by Gasteiger charge is 2.33. The van der Waals surface area contributed by atoms with E-state index in [1.807, 2.05) is 26.0 Å². The molecule has 2 rings (SSSR count). The Kier molecular flexibility index (Phi) is 7.71. The first kappa shape index (κ1) is 19.3. The van der Waals surface area contributed by atoms with Crippen LogP contribution in [-0.4, -0.2) is 55.8 Å². The van der Waals surface area contributed by atoms with Crippen molar-refractivity contribution in [2.75, 3.05) is 32.0 Å². The van der Waals surface area contributed by atoms with Gasteiger partial charge in [-0.05, 0) is 25.5 Å². The van der Waals surface area contributed by atoms with Crippen molar-refractivity contribution >= 4 is 22.4 Å². The molecule has 1 N–H and O–H groups in total. The lowest BCUT2D eigenvalue weighted by Crippen LogP contribution is -2.49. The van der Waals surface area contributed by atoms with Gasteiger partial charge in [0.2, 0.25) is 10.0 Å². The Morgan fingerprint density at radius 2 is 2.27 bits per heavy atom. The molecule has 1 unspecified atom stereocenters. The molecule has 126 valence electrons. The van der Waals surface area contributed by atoms with Crippen molar-refractivity contribution in [3.63, 3.8) is 0 Å². The molecule has 0 bridgehead atoms. The standard InChI is InChI=1S/C14H23N3O3S.ClH/c1-12(2)20-8-9-21(18,19)17-7-6-16-11-14(17)13-4-3-5-15-10-13;/h3-5,10,12,14,16H,6-9,11H2,1-2H3;1H. The second-order valence-corrected chi connectivity index (χ2v) is 7.39. The van der Waals surface area contributed by atoms with E-state index in [2.05, 4.69) is 10.3 Å². The van der Waals surface area contributed by atoms with Crippen LogP contribution >= 0.6 is 12.4 Å². The van der Waals surface area contributed by atoms with Crippen molar-refractivity contribution in [2.45, 2.75) is 26.0 Å². The summed E-state index contributed by atoms with van der Waals surface area (Å²) >= 11 is 0. The van der Waals surface area contributed by atoms with E-state index in [9.17, 15) is 8.42 Å². The summed E-state index contributed by atoms with van der Waals surface area (Å²) in [6.07, 6.45) is 3.46. The van der Waals surface area contributed by atoms with E-state index in [1.165, 1.54) is 0 Å². The smallest absolute Gasteiger partial charge is 0.217 e. The van der Waals surface area contributed by atoms with E-state index < -0.39 is 10.0 Å². The predicted octanol–water partition coefficient (Wildman–Crippen LogP) is 1.20. The molecule has 0 aliphatic carbocycles. The Morgan fingerprint density at radius 1 is 1.50 bits per heavy atom. The molecule has 0 amide bonds. The number of piperazine rings is 1. The second kappa shape index (κ2) is 8.79. The molecular formula is C14H24ClN3O3S. The van der Waals surface area contributed by atoms with Crippen LogP contribution in [0.5, 0.6) is 0 Å². The van der Waals surface area contributed by atoms with Gasteiger partial charge in [0.05, 0.1) is 24.5 Å². The highest BCUT2D eigenvalue weighted by atomic mass is 35.5. The Labute approximate surface area is 138 Å². The molecule has 1 aliphatic heterocycles. The minimum Gasteiger partial charge on any atom is -0.378 e. The average molecular weight is 350 g/mol. The molecule has 0 saturated carbocycles. The zero-order valence-electron chi connectivity index (χ0n) is 12.9. The molecule has 1 fully saturated rings. The minimum absolute atomic E-state index is 0. The zero-order valence-corrected chi connectivity index (χ0v) is 14.6. The zero-order chi connectivity index (χ0) is 15.3. The highest BCUT2D eigenvalue weighted by Crippen LogP contribution is 2.24. The quantitative estimate of drug-likeness (QED) is 0.835. The van der Waals surface area contributed by atoms with Gasteiger partial charge in [-0.2, -0.15) is 4.31 Å². The predicted molar refractivity (Wildman–Crippen MR) is 88.7 cm³/mol. The van der Waals surface area contributed by atoms with Crippen LogP contribution in [0.25, 0.3) is 0 Å². The van der Waals surface area contributed by atoms with E-state index in [1.54, 1.807) is 16.7 Å². The third kappa shape index (κ3) is 5.17. The van der Waals surface area contributed by atoms with Gasteiger partial charge in [0.25, 0.3) is 0 Å². The summed E-state index contributed by atoms with van der Waals surface area (Å²) in [6.45, 7) is 5.77. The van der Waals surface area contributed by atoms with Crippen LogP contribution in [0.3, 0.4) is 0 Å². The van der Waals surface area contributed by atoms with Gasteiger partial charge in [-0.25, -0.2) is 8.42 Å². The molecule has 8 heteroatoms. The van der Waals surface area contributed by atoms with Crippen LogP contribution in [-0.2, 0) is 14.8 Å². The SMILES string of the molecule is CC(C)OCCS(=O)(=O)N1CCNCC1c1cccnc1.Cl. The van der Waals surface area contributed by atoms with E-state index in [-0.39, 0.29) is 36.9 Å². The van der Waals surface area contributed by atoms with Crippen LogP contribution in [0, 0.1) is 0 Å². The Balaban J connectivity index is 0.00000242. The lowest BCUT2D eigenvalue weighted by Gasteiger charge is -2.35. The van der Waals surface area contributed by atoms with Crippen molar-refractivity contribution in [3.05, 3.63) is 30.1 Å². The van der Waals surface area contributed by atoms with E-state index >= 15 is 0 Å². The minimum atomic E-state index is -3.34. The number of aromatic nitrogens is 1. The largest absolute Gasteiger partial charge is 0.378 e. The molecule has 22 heavy (non-hydrogen) atoms. The van der Waals surface area contributed by atoms with E-state index in [0.29, 0.717) is 19.6 Å².